The van der Waals surface area contributed by atoms with E-state index in [9.17, 15) is 13.2 Å². The number of hydrogen-bond acceptors (Lipinski definition) is 4. The maximum Gasteiger partial charge on any atom is 0.485 e. The topological polar surface area (TPSA) is 78.3 Å². The molecule has 2 aromatic heterocycles. The molecular weight excluding hydrogens is 457 g/mol. The van der Waals surface area contributed by atoms with Gasteiger partial charge in [0, 0.05) is 35.3 Å². The van der Waals surface area contributed by atoms with Crippen LogP contribution in [0.1, 0.15) is 0 Å². The molecular formula is C23H19F3N2O4S. The van der Waals surface area contributed by atoms with Crippen molar-refractivity contribution in [3.8, 4) is 0 Å². The van der Waals surface area contributed by atoms with Gasteiger partial charge in [0.2, 0.25) is 5.36 Å². The molecule has 2 heterocycles. The number of pyridine rings is 1. The molecule has 0 amide bonds. The van der Waals surface area contributed by atoms with Gasteiger partial charge in [-0.2, -0.15) is 13.2 Å². The lowest BCUT2D eigenvalue weighted by molar-refractivity contribution is -0.0517. The van der Waals surface area contributed by atoms with E-state index in [1.165, 1.54) is 32.5 Å². The number of aryl methyl sites for hydroxylation is 1. The van der Waals surface area contributed by atoms with Crippen LogP contribution in [0.25, 0.3) is 43.7 Å². The number of alkyl halides is 3. The van der Waals surface area contributed by atoms with Crippen LogP contribution in [-0.4, -0.2) is 37.1 Å². The Morgan fingerprint density at radius 1 is 0.909 bits per heavy atom. The van der Waals surface area contributed by atoms with E-state index in [0.29, 0.717) is 0 Å². The number of benzene rings is 3. The van der Waals surface area contributed by atoms with Crippen molar-refractivity contribution in [2.45, 2.75) is 5.51 Å². The van der Waals surface area contributed by atoms with Crippen LogP contribution >= 0.6 is 0 Å². The Balaban J connectivity index is 0.000000281. The van der Waals surface area contributed by atoms with Gasteiger partial charge in [0.15, 0.2) is 10.1 Å². The van der Waals surface area contributed by atoms with Gasteiger partial charge in [0.1, 0.15) is 25.3 Å². The molecule has 0 atom stereocenters. The molecule has 0 fully saturated rings. The number of rotatable bonds is 0. The average Bonchev–Trinajstić information content (AvgIpc) is 2.75. The Kier molecular flexibility index (Phi) is 5.45. The lowest BCUT2D eigenvalue weighted by Gasteiger charge is -2.16. The molecule has 0 aliphatic rings. The van der Waals surface area contributed by atoms with Crippen LogP contribution in [0, 0.1) is 0 Å². The van der Waals surface area contributed by atoms with Gasteiger partial charge in [-0.15, -0.1) is 0 Å². The van der Waals surface area contributed by atoms with Crippen molar-refractivity contribution < 1.29 is 30.6 Å². The lowest BCUT2D eigenvalue weighted by atomic mass is 10.0. The number of nitrogens with zero attached hydrogens (tertiary/aromatic N) is 2. The Morgan fingerprint density at radius 3 is 2.15 bits per heavy atom. The van der Waals surface area contributed by atoms with Crippen LogP contribution in [0.4, 0.5) is 13.2 Å². The summed E-state index contributed by atoms with van der Waals surface area (Å²) in [5.74, 6) is 0. The van der Waals surface area contributed by atoms with E-state index in [1.54, 1.807) is 0 Å². The number of halogens is 3. The summed E-state index contributed by atoms with van der Waals surface area (Å²) in [6.45, 7) is 0. The molecule has 10 heteroatoms. The number of fused-ring (bicyclic) bond motifs is 4. The Morgan fingerprint density at radius 2 is 1.52 bits per heavy atom. The molecule has 5 aromatic rings. The van der Waals surface area contributed by atoms with E-state index < -0.39 is 15.6 Å². The summed E-state index contributed by atoms with van der Waals surface area (Å²) < 4.78 is 69.5. The predicted octanol–water partition coefficient (Wildman–Crippen LogP) is 4.31. The van der Waals surface area contributed by atoms with Crippen LogP contribution in [0.5, 0.6) is 0 Å². The van der Waals surface area contributed by atoms with Crippen LogP contribution in [0.3, 0.4) is 0 Å². The Hall–Kier alpha value is -3.37. The van der Waals surface area contributed by atoms with Gasteiger partial charge < -0.3 is 13.5 Å². The first-order valence-corrected chi connectivity index (χ1v) is 11.2. The third-order valence-corrected chi connectivity index (χ3v) is 5.96. The predicted molar refractivity (Wildman–Crippen MR) is 121 cm³/mol. The van der Waals surface area contributed by atoms with Gasteiger partial charge in [0.25, 0.3) is 0 Å². The first kappa shape index (κ1) is 22.8. The molecule has 0 radical (unpaired) electrons. The summed E-state index contributed by atoms with van der Waals surface area (Å²) in [6.07, 6.45) is 0. The minimum absolute atomic E-state index is 0.918. The van der Waals surface area contributed by atoms with Gasteiger partial charge in [-0.1, -0.05) is 24.3 Å². The second-order valence-electron chi connectivity index (χ2n) is 7.68. The van der Waals surface area contributed by atoms with E-state index in [2.05, 4.69) is 78.8 Å². The van der Waals surface area contributed by atoms with Crippen molar-refractivity contribution in [3.05, 3.63) is 66.0 Å². The first-order valence-electron chi connectivity index (χ1n) is 9.75. The van der Waals surface area contributed by atoms with Crippen molar-refractivity contribution in [3.63, 3.8) is 0 Å². The second-order valence-corrected chi connectivity index (χ2v) is 9.05. The molecule has 0 bridgehead atoms. The molecule has 33 heavy (non-hydrogen) atoms. The summed E-state index contributed by atoms with van der Waals surface area (Å²) in [7, 11) is 0.212. The summed E-state index contributed by atoms with van der Waals surface area (Å²) >= 11 is 0. The third-order valence-electron chi connectivity index (χ3n) is 5.39. The molecule has 0 saturated heterocycles. The van der Waals surface area contributed by atoms with Crippen LogP contribution in [0.2, 0.25) is 0 Å². The van der Waals surface area contributed by atoms with Crippen LogP contribution < -0.4 is 9.93 Å². The highest BCUT2D eigenvalue weighted by Crippen LogP contribution is 2.37. The van der Waals surface area contributed by atoms with Crippen molar-refractivity contribution in [2.75, 3.05) is 14.1 Å². The molecule has 0 aliphatic heterocycles. The summed E-state index contributed by atoms with van der Waals surface area (Å²) in [6, 6.07) is 21.3. The highest BCUT2D eigenvalue weighted by molar-refractivity contribution is 7.86. The molecule has 5 rings (SSSR count). The van der Waals surface area contributed by atoms with E-state index in [4.69, 9.17) is 17.4 Å². The van der Waals surface area contributed by atoms with Crippen molar-refractivity contribution >= 4 is 53.9 Å². The maximum absolute atomic E-state index is 10.7. The number of hydrogen-bond donors (Lipinski definition) is 0. The highest BCUT2D eigenvalue weighted by Gasteiger charge is 2.36. The maximum atomic E-state index is 10.7. The standard InChI is InChI=1S/C22H19N2O.CHF3O3S/c1-23(2)14-11-12-15-16-8-6-10-20-21(16)22(24(3)18(15)13-14)17-7-4-5-9-19(17)25-20;2-1(3,4)8(5,6)7/h4-13H,1-3H3;(H,5,6,7)/q+1;/p-1. The van der Waals surface area contributed by atoms with Crippen LogP contribution in [-0.2, 0) is 17.2 Å². The van der Waals surface area contributed by atoms with E-state index in [-0.39, 0.29) is 0 Å². The number of para-hydroxylation sites is 1. The van der Waals surface area contributed by atoms with E-state index in [0.717, 1.165) is 16.6 Å². The molecule has 0 aliphatic carbocycles. The molecule has 0 spiro atoms. The normalized spacial score (nSPS) is 12.3. The molecule has 0 saturated carbocycles. The third kappa shape index (κ3) is 3.96. The monoisotopic (exact) mass is 476 g/mol. The zero-order chi connectivity index (χ0) is 24.1. The average molecular weight is 476 g/mol. The van der Waals surface area contributed by atoms with Crippen molar-refractivity contribution in [1.82, 2.24) is 9.14 Å². The zero-order valence-electron chi connectivity index (χ0n) is 17.8. The van der Waals surface area contributed by atoms with Crippen molar-refractivity contribution in [1.29, 1.82) is 0 Å². The molecule has 3 aromatic carbocycles. The lowest BCUT2D eigenvalue weighted by Crippen LogP contribution is -2.21. The quantitative estimate of drug-likeness (QED) is 0.110. The van der Waals surface area contributed by atoms with Gasteiger partial charge in [-0.3, -0.25) is 0 Å². The molecule has 172 valence electrons. The first-order chi connectivity index (χ1) is 15.4. The molecule has 0 unspecified atom stereocenters. The largest absolute Gasteiger partial charge is 0.741 e. The minimum Gasteiger partial charge on any atom is -0.741 e. The zero-order valence-corrected chi connectivity index (χ0v) is 18.7. The van der Waals surface area contributed by atoms with E-state index in [1.807, 2.05) is 12.1 Å². The second kappa shape index (κ2) is 7.89. The fourth-order valence-electron chi connectivity index (χ4n) is 3.86. The molecule has 6 nitrogen and oxygen atoms in total. The van der Waals surface area contributed by atoms with Crippen LogP contribution in [0.15, 0.2) is 65.1 Å². The smallest absolute Gasteiger partial charge is 0.485 e. The summed E-state index contributed by atoms with van der Waals surface area (Å²) in [5, 5.41) is 6.02. The Bertz CT molecular complexity index is 1710. The summed E-state index contributed by atoms with van der Waals surface area (Å²) in [4.78, 5) is 0. The fraction of sp³-hybridized carbons (Fsp3) is 0.174. The minimum atomic E-state index is -6.09. The van der Waals surface area contributed by atoms with Gasteiger partial charge in [0.05, 0.1) is 11.0 Å². The van der Waals surface area contributed by atoms with Gasteiger partial charge >= 0.3 is 5.51 Å². The number of aromatic nitrogens is 1. The highest BCUT2D eigenvalue weighted by atomic mass is 32.2. The van der Waals surface area contributed by atoms with E-state index >= 15 is 0 Å². The van der Waals surface area contributed by atoms with Crippen molar-refractivity contribution in [2.24, 2.45) is 7.05 Å². The summed E-state index contributed by atoms with van der Waals surface area (Å²) in [5.41, 5.74) is -1.35. The Labute approximate surface area is 186 Å². The SMILES string of the molecule is Cn1c2cc(=[N+](C)C)ccc2c2cccc3oc4ccccc4c1c32.O=S(=O)([O-])C(F)(F)F. The molecule has 0 N–H and O–H groups in total. The van der Waals surface area contributed by atoms with Gasteiger partial charge in [-0.25, -0.2) is 13.0 Å². The fourth-order valence-corrected chi connectivity index (χ4v) is 3.86. The van der Waals surface area contributed by atoms with Gasteiger partial charge in [-0.05, 0) is 29.7 Å².